The molecule has 0 saturated carbocycles. The predicted octanol–water partition coefficient (Wildman–Crippen LogP) is 5.72. The van der Waals surface area contributed by atoms with E-state index in [1.54, 1.807) is 56.3 Å². The number of sulfonamides is 1. The first kappa shape index (κ1) is 32.4. The molecule has 1 N–H and O–H groups in total. The first-order valence-corrected chi connectivity index (χ1v) is 16.0. The molecule has 230 valence electrons. The minimum absolute atomic E-state index is 0.0296. The van der Waals surface area contributed by atoms with E-state index in [4.69, 9.17) is 0 Å². The van der Waals surface area contributed by atoms with Crippen molar-refractivity contribution in [2.75, 3.05) is 17.4 Å². The van der Waals surface area contributed by atoms with Gasteiger partial charge in [-0.3, -0.25) is 13.9 Å². The number of rotatable bonds is 12. The summed E-state index contributed by atoms with van der Waals surface area (Å²) in [5.74, 6) is -1.59. The molecule has 0 aliphatic heterocycles. The normalized spacial score (nSPS) is 11.9. The number of anilines is 1. The SMILES string of the molecule is CCNC(=O)[C@H](Cc1ccccc1)N(Cc1ccccc1F)C(=O)CN(c1cccc(C)c1C)S(=O)(=O)c1ccc(C)cc1. The molecule has 7 nitrogen and oxygen atoms in total. The lowest BCUT2D eigenvalue weighted by Gasteiger charge is -2.34. The molecule has 0 fully saturated rings. The fourth-order valence-corrected chi connectivity index (χ4v) is 6.48. The van der Waals surface area contributed by atoms with Crippen LogP contribution in [0.1, 0.15) is 34.7 Å². The minimum atomic E-state index is -4.22. The van der Waals surface area contributed by atoms with Crippen molar-refractivity contribution in [3.05, 3.63) is 131 Å². The van der Waals surface area contributed by atoms with Gasteiger partial charge in [0.15, 0.2) is 0 Å². The molecule has 0 aliphatic carbocycles. The van der Waals surface area contributed by atoms with Crippen LogP contribution in [0.25, 0.3) is 0 Å². The van der Waals surface area contributed by atoms with Crippen LogP contribution in [-0.4, -0.2) is 44.3 Å². The van der Waals surface area contributed by atoms with Crippen molar-refractivity contribution in [3.63, 3.8) is 0 Å². The van der Waals surface area contributed by atoms with Gasteiger partial charge in [-0.25, -0.2) is 12.8 Å². The van der Waals surface area contributed by atoms with E-state index in [2.05, 4.69) is 5.32 Å². The van der Waals surface area contributed by atoms with Gasteiger partial charge in [-0.2, -0.15) is 0 Å². The van der Waals surface area contributed by atoms with E-state index in [0.717, 1.165) is 21.0 Å². The van der Waals surface area contributed by atoms with Crippen LogP contribution in [-0.2, 0) is 32.6 Å². The molecule has 0 bridgehead atoms. The van der Waals surface area contributed by atoms with Gasteiger partial charge >= 0.3 is 0 Å². The smallest absolute Gasteiger partial charge is 0.264 e. The van der Waals surface area contributed by atoms with Crippen molar-refractivity contribution in [3.8, 4) is 0 Å². The maximum atomic E-state index is 15.0. The Balaban J connectivity index is 1.84. The predicted molar refractivity (Wildman–Crippen MR) is 171 cm³/mol. The maximum Gasteiger partial charge on any atom is 0.264 e. The zero-order valence-corrected chi connectivity index (χ0v) is 26.3. The molecule has 0 heterocycles. The van der Waals surface area contributed by atoms with Crippen LogP contribution in [0, 0.1) is 26.6 Å². The largest absolute Gasteiger partial charge is 0.355 e. The summed E-state index contributed by atoms with van der Waals surface area (Å²) in [5.41, 5.74) is 3.80. The van der Waals surface area contributed by atoms with E-state index in [1.807, 2.05) is 50.2 Å². The number of aryl methyl sites for hydroxylation is 2. The molecule has 4 rings (SSSR count). The van der Waals surface area contributed by atoms with E-state index in [-0.39, 0.29) is 23.4 Å². The van der Waals surface area contributed by atoms with Crippen LogP contribution >= 0.6 is 0 Å². The summed E-state index contributed by atoms with van der Waals surface area (Å²) in [6.45, 7) is 6.80. The lowest BCUT2D eigenvalue weighted by atomic mass is 10.0. The number of halogens is 1. The van der Waals surface area contributed by atoms with Gasteiger partial charge in [-0.1, -0.05) is 78.4 Å². The van der Waals surface area contributed by atoms with E-state index >= 15 is 0 Å². The van der Waals surface area contributed by atoms with Crippen molar-refractivity contribution < 1.29 is 22.4 Å². The molecule has 0 spiro atoms. The third-order valence-electron chi connectivity index (χ3n) is 7.65. The molecule has 0 aliphatic rings. The first-order valence-electron chi connectivity index (χ1n) is 14.5. The molecule has 44 heavy (non-hydrogen) atoms. The number of benzene rings is 4. The van der Waals surface area contributed by atoms with Gasteiger partial charge in [0.1, 0.15) is 18.4 Å². The molecular formula is C35H38FN3O4S. The van der Waals surface area contributed by atoms with Crippen LogP contribution < -0.4 is 9.62 Å². The second-order valence-electron chi connectivity index (χ2n) is 10.8. The Hall–Kier alpha value is -4.50. The Morgan fingerprint density at radius 2 is 1.50 bits per heavy atom. The summed E-state index contributed by atoms with van der Waals surface area (Å²) in [7, 11) is -4.22. The number of nitrogens with zero attached hydrogens (tertiary/aromatic N) is 2. The highest BCUT2D eigenvalue weighted by Gasteiger charge is 2.35. The molecule has 2 amide bonds. The quantitative estimate of drug-likeness (QED) is 0.221. The Bertz CT molecular complexity index is 1710. The first-order chi connectivity index (χ1) is 21.0. The van der Waals surface area contributed by atoms with Crippen LogP contribution in [0.4, 0.5) is 10.1 Å². The topological polar surface area (TPSA) is 86.8 Å². The fraction of sp³-hybridized carbons (Fsp3) is 0.257. The van der Waals surface area contributed by atoms with E-state index in [1.165, 1.54) is 23.1 Å². The molecule has 1 atom stereocenters. The van der Waals surface area contributed by atoms with Crippen LogP contribution in [0.15, 0.2) is 102 Å². The summed E-state index contributed by atoms with van der Waals surface area (Å²) in [5, 5.41) is 2.81. The third-order valence-corrected chi connectivity index (χ3v) is 9.43. The van der Waals surface area contributed by atoms with Gasteiger partial charge in [0.25, 0.3) is 10.0 Å². The Kier molecular flexibility index (Phi) is 10.5. The number of likely N-dealkylation sites (N-methyl/N-ethyl adjacent to an activating group) is 1. The Morgan fingerprint density at radius 3 is 2.16 bits per heavy atom. The van der Waals surface area contributed by atoms with Crippen molar-refractivity contribution in [2.45, 2.75) is 51.6 Å². The van der Waals surface area contributed by atoms with Crippen LogP contribution in [0.3, 0.4) is 0 Å². The Labute approximate surface area is 259 Å². The number of hydrogen-bond donors (Lipinski definition) is 1. The molecule has 0 aromatic heterocycles. The highest BCUT2D eigenvalue weighted by Crippen LogP contribution is 2.29. The molecule has 4 aromatic rings. The van der Waals surface area contributed by atoms with Crippen LogP contribution in [0.2, 0.25) is 0 Å². The summed E-state index contributed by atoms with van der Waals surface area (Å²) in [6, 6.07) is 25.9. The zero-order valence-electron chi connectivity index (χ0n) is 25.5. The van der Waals surface area contributed by atoms with E-state index in [9.17, 15) is 22.4 Å². The fourth-order valence-electron chi connectivity index (χ4n) is 5.01. The van der Waals surface area contributed by atoms with Crippen molar-refractivity contribution in [1.82, 2.24) is 10.2 Å². The van der Waals surface area contributed by atoms with Gasteiger partial charge in [-0.15, -0.1) is 0 Å². The lowest BCUT2D eigenvalue weighted by Crippen LogP contribution is -2.53. The summed E-state index contributed by atoms with van der Waals surface area (Å²) < 4.78 is 44.4. The summed E-state index contributed by atoms with van der Waals surface area (Å²) >= 11 is 0. The van der Waals surface area contributed by atoms with Gasteiger partial charge in [-0.05, 0) is 68.7 Å². The lowest BCUT2D eigenvalue weighted by molar-refractivity contribution is -0.140. The molecular weight excluding hydrogens is 577 g/mol. The van der Waals surface area contributed by atoms with Gasteiger partial charge < -0.3 is 10.2 Å². The molecule has 0 radical (unpaired) electrons. The zero-order chi connectivity index (χ0) is 31.9. The third kappa shape index (κ3) is 7.52. The summed E-state index contributed by atoms with van der Waals surface area (Å²) in [4.78, 5) is 29.3. The van der Waals surface area contributed by atoms with E-state index in [0.29, 0.717) is 17.8 Å². The molecule has 9 heteroatoms. The monoisotopic (exact) mass is 615 g/mol. The molecule has 0 unspecified atom stereocenters. The van der Waals surface area contributed by atoms with Crippen LogP contribution in [0.5, 0.6) is 0 Å². The number of amides is 2. The minimum Gasteiger partial charge on any atom is -0.355 e. The van der Waals surface area contributed by atoms with Gasteiger partial charge in [0.2, 0.25) is 11.8 Å². The highest BCUT2D eigenvalue weighted by atomic mass is 32.2. The van der Waals surface area contributed by atoms with Crippen molar-refractivity contribution in [2.24, 2.45) is 0 Å². The molecule has 0 saturated heterocycles. The Morgan fingerprint density at radius 1 is 0.841 bits per heavy atom. The van der Waals surface area contributed by atoms with Crippen molar-refractivity contribution in [1.29, 1.82) is 0 Å². The average Bonchev–Trinajstić information content (AvgIpc) is 3.01. The van der Waals surface area contributed by atoms with E-state index < -0.39 is 40.2 Å². The maximum absolute atomic E-state index is 15.0. The number of nitrogens with one attached hydrogen (secondary N) is 1. The molecule has 4 aromatic carbocycles. The highest BCUT2D eigenvalue weighted by molar-refractivity contribution is 7.92. The number of carbonyl (C=O) groups is 2. The van der Waals surface area contributed by atoms with Gasteiger partial charge in [0, 0.05) is 25.1 Å². The van der Waals surface area contributed by atoms with Gasteiger partial charge in [0.05, 0.1) is 10.6 Å². The summed E-state index contributed by atoms with van der Waals surface area (Å²) in [6.07, 6.45) is 0.154. The standard InChI is InChI=1S/C35H38FN3O4S/c1-5-37-35(41)33(22-28-13-7-6-8-14-28)38(23-29-15-9-10-16-31(29)36)34(40)24-39(32-17-11-12-26(3)27(32)4)44(42,43)30-20-18-25(2)19-21-30/h6-21,33H,5,22-24H2,1-4H3,(H,37,41)/t33-/m0/s1. The van der Waals surface area contributed by atoms with Crippen molar-refractivity contribution >= 4 is 27.5 Å². The second kappa shape index (κ2) is 14.3. The number of carbonyl (C=O) groups excluding carboxylic acids is 2. The average molecular weight is 616 g/mol. The second-order valence-corrected chi connectivity index (χ2v) is 12.6. The number of hydrogen-bond acceptors (Lipinski definition) is 4.